The first-order chi connectivity index (χ1) is 12.6. The molecule has 2 aromatic carbocycles. The topological polar surface area (TPSA) is 35.8 Å². The lowest BCUT2D eigenvalue weighted by atomic mass is 9.70. The van der Waals surface area contributed by atoms with Crippen LogP contribution in [0.25, 0.3) is 0 Å². The van der Waals surface area contributed by atoms with Crippen molar-refractivity contribution < 1.29 is 0 Å². The van der Waals surface area contributed by atoms with E-state index in [1.165, 1.54) is 5.56 Å². The van der Waals surface area contributed by atoms with Crippen LogP contribution in [0.5, 0.6) is 0 Å². The number of aryl methyl sites for hydroxylation is 1. The molecule has 0 saturated carbocycles. The van der Waals surface area contributed by atoms with E-state index in [9.17, 15) is 5.26 Å². The summed E-state index contributed by atoms with van der Waals surface area (Å²) in [6, 6.07) is 21.0. The van der Waals surface area contributed by atoms with Gasteiger partial charge >= 0.3 is 0 Å². The smallest absolute Gasteiger partial charge is 0.0846 e. The Kier molecular flexibility index (Phi) is 8.16. The maximum atomic E-state index is 9.94. The highest BCUT2D eigenvalue weighted by atomic mass is 35.5. The first-order valence-electron chi connectivity index (χ1n) is 9.50. The van der Waals surface area contributed by atoms with Crippen molar-refractivity contribution in [2.75, 3.05) is 13.1 Å². The van der Waals surface area contributed by atoms with Crippen LogP contribution in [0.4, 0.5) is 0 Å². The SMILES string of the molecule is CC(C)C(C#N)(CCCNCCCc1ccccc1)c1cccc(Cl)c1. The van der Waals surface area contributed by atoms with Gasteiger partial charge in [-0.25, -0.2) is 0 Å². The van der Waals surface area contributed by atoms with Crippen LogP contribution in [-0.4, -0.2) is 13.1 Å². The first kappa shape index (κ1) is 20.5. The van der Waals surface area contributed by atoms with E-state index in [0.29, 0.717) is 5.02 Å². The van der Waals surface area contributed by atoms with Crippen LogP contribution in [0.2, 0.25) is 5.02 Å². The Bertz CT molecular complexity index is 706. The zero-order chi connectivity index (χ0) is 18.8. The zero-order valence-electron chi connectivity index (χ0n) is 15.8. The third kappa shape index (κ3) is 5.59. The van der Waals surface area contributed by atoms with Gasteiger partial charge in [0.15, 0.2) is 0 Å². The Morgan fingerprint density at radius 2 is 1.77 bits per heavy atom. The van der Waals surface area contributed by atoms with E-state index in [0.717, 1.165) is 44.3 Å². The molecule has 26 heavy (non-hydrogen) atoms. The van der Waals surface area contributed by atoms with E-state index in [1.807, 2.05) is 24.3 Å². The second-order valence-electron chi connectivity index (χ2n) is 7.19. The van der Waals surface area contributed by atoms with Gasteiger partial charge in [-0.15, -0.1) is 0 Å². The fourth-order valence-electron chi connectivity index (χ4n) is 3.46. The maximum Gasteiger partial charge on any atom is 0.0846 e. The minimum atomic E-state index is -0.476. The van der Waals surface area contributed by atoms with Crippen molar-refractivity contribution in [2.24, 2.45) is 5.92 Å². The van der Waals surface area contributed by atoms with Gasteiger partial charge in [-0.1, -0.05) is 67.9 Å². The molecule has 138 valence electrons. The number of hydrogen-bond acceptors (Lipinski definition) is 2. The molecule has 0 heterocycles. The fraction of sp³-hybridized carbons (Fsp3) is 0.435. The third-order valence-corrected chi connectivity index (χ3v) is 5.35. The molecule has 1 unspecified atom stereocenters. The summed E-state index contributed by atoms with van der Waals surface area (Å²) < 4.78 is 0. The predicted molar refractivity (Wildman–Crippen MR) is 110 cm³/mol. The summed E-state index contributed by atoms with van der Waals surface area (Å²) in [5, 5.41) is 14.2. The molecule has 2 aromatic rings. The third-order valence-electron chi connectivity index (χ3n) is 5.11. The Hall–Kier alpha value is -1.82. The minimum Gasteiger partial charge on any atom is -0.317 e. The summed E-state index contributed by atoms with van der Waals surface area (Å²) in [6.07, 6.45) is 4.05. The highest BCUT2D eigenvalue weighted by molar-refractivity contribution is 6.30. The van der Waals surface area contributed by atoms with Crippen molar-refractivity contribution in [3.8, 4) is 6.07 Å². The lowest BCUT2D eigenvalue weighted by molar-refractivity contribution is 0.356. The molecule has 0 aliphatic carbocycles. The zero-order valence-corrected chi connectivity index (χ0v) is 16.6. The molecule has 3 heteroatoms. The Morgan fingerprint density at radius 1 is 1.04 bits per heavy atom. The van der Waals surface area contributed by atoms with Crippen molar-refractivity contribution in [1.29, 1.82) is 5.26 Å². The molecule has 0 aromatic heterocycles. The van der Waals surface area contributed by atoms with Crippen LogP contribution in [-0.2, 0) is 11.8 Å². The molecule has 0 aliphatic heterocycles. The summed E-state index contributed by atoms with van der Waals surface area (Å²) in [5.74, 6) is 0.240. The first-order valence-corrected chi connectivity index (χ1v) is 9.88. The standard InChI is InChI=1S/C23H29ClN2/c1-19(2)23(18-25,21-12-6-13-22(24)17-21)14-8-16-26-15-7-11-20-9-4-3-5-10-20/h3-6,9-10,12-13,17,19,26H,7-8,11,14-16H2,1-2H3. The van der Waals surface area contributed by atoms with Crippen molar-refractivity contribution in [1.82, 2.24) is 5.32 Å². The number of nitrogens with zero attached hydrogens (tertiary/aromatic N) is 1. The monoisotopic (exact) mass is 368 g/mol. The largest absolute Gasteiger partial charge is 0.317 e. The second-order valence-corrected chi connectivity index (χ2v) is 7.63. The van der Waals surface area contributed by atoms with Gasteiger partial charge in [0.25, 0.3) is 0 Å². The quantitative estimate of drug-likeness (QED) is 0.541. The summed E-state index contributed by atoms with van der Waals surface area (Å²) in [7, 11) is 0. The van der Waals surface area contributed by atoms with Crippen molar-refractivity contribution in [2.45, 2.75) is 44.9 Å². The molecule has 0 saturated heterocycles. The molecule has 0 spiro atoms. The number of nitrogens with one attached hydrogen (secondary N) is 1. The number of benzene rings is 2. The van der Waals surface area contributed by atoms with Crippen molar-refractivity contribution in [3.05, 3.63) is 70.7 Å². The van der Waals surface area contributed by atoms with E-state index >= 15 is 0 Å². The Labute approximate surface area is 163 Å². The second kappa shape index (κ2) is 10.4. The molecule has 0 bridgehead atoms. The van der Waals surface area contributed by atoms with Gasteiger partial charge in [-0.2, -0.15) is 5.26 Å². The molecule has 0 fully saturated rings. The number of halogens is 1. The highest BCUT2D eigenvalue weighted by Crippen LogP contribution is 2.37. The summed E-state index contributed by atoms with van der Waals surface area (Å²) in [6.45, 7) is 6.19. The van der Waals surface area contributed by atoms with Crippen LogP contribution in [0, 0.1) is 17.2 Å². The van der Waals surface area contributed by atoms with Gasteiger partial charge in [-0.05, 0) is 68.0 Å². The fourth-order valence-corrected chi connectivity index (χ4v) is 3.65. The predicted octanol–water partition coefficient (Wildman–Crippen LogP) is 5.76. The van der Waals surface area contributed by atoms with E-state index in [2.05, 4.69) is 55.6 Å². The maximum absolute atomic E-state index is 9.94. The Balaban J connectivity index is 1.80. The van der Waals surface area contributed by atoms with Crippen molar-refractivity contribution >= 4 is 11.6 Å². The van der Waals surface area contributed by atoms with E-state index in [4.69, 9.17) is 11.6 Å². The molecule has 2 rings (SSSR count). The van der Waals surface area contributed by atoms with Crippen molar-refractivity contribution in [3.63, 3.8) is 0 Å². The number of hydrogen-bond donors (Lipinski definition) is 1. The summed E-state index contributed by atoms with van der Waals surface area (Å²) in [4.78, 5) is 0. The van der Waals surface area contributed by atoms with Crippen LogP contribution in [0.15, 0.2) is 54.6 Å². The lowest BCUT2D eigenvalue weighted by Crippen LogP contribution is -2.32. The van der Waals surface area contributed by atoms with Crippen LogP contribution in [0.3, 0.4) is 0 Å². The number of rotatable bonds is 10. The van der Waals surface area contributed by atoms with Gasteiger partial charge in [0, 0.05) is 5.02 Å². The molecule has 1 N–H and O–H groups in total. The van der Waals surface area contributed by atoms with E-state index in [1.54, 1.807) is 0 Å². The molecule has 2 nitrogen and oxygen atoms in total. The minimum absolute atomic E-state index is 0.240. The summed E-state index contributed by atoms with van der Waals surface area (Å²) >= 11 is 6.16. The van der Waals surface area contributed by atoms with E-state index < -0.39 is 5.41 Å². The molecule has 1 atom stereocenters. The van der Waals surface area contributed by atoms with Gasteiger partial charge < -0.3 is 5.32 Å². The van der Waals surface area contributed by atoms with Crippen LogP contribution >= 0.6 is 11.6 Å². The van der Waals surface area contributed by atoms with Gasteiger partial charge in [0.1, 0.15) is 0 Å². The average molecular weight is 369 g/mol. The summed E-state index contributed by atoms with van der Waals surface area (Å²) in [5.41, 5.74) is 1.95. The molecule has 0 aliphatic rings. The van der Waals surface area contributed by atoms with E-state index in [-0.39, 0.29) is 5.92 Å². The molecule has 0 radical (unpaired) electrons. The van der Waals surface area contributed by atoms with Crippen LogP contribution < -0.4 is 5.32 Å². The van der Waals surface area contributed by atoms with Gasteiger partial charge in [-0.3, -0.25) is 0 Å². The van der Waals surface area contributed by atoms with Crippen LogP contribution in [0.1, 0.15) is 44.2 Å². The normalized spacial score (nSPS) is 13.3. The lowest BCUT2D eigenvalue weighted by Gasteiger charge is -2.31. The number of nitriles is 1. The molecular weight excluding hydrogens is 340 g/mol. The highest BCUT2D eigenvalue weighted by Gasteiger charge is 2.35. The van der Waals surface area contributed by atoms with Gasteiger partial charge in [0.05, 0.1) is 11.5 Å². The average Bonchev–Trinajstić information content (AvgIpc) is 2.65. The Morgan fingerprint density at radius 3 is 2.42 bits per heavy atom. The molecular formula is C23H29ClN2. The molecule has 0 amide bonds. The van der Waals surface area contributed by atoms with Gasteiger partial charge in [0.2, 0.25) is 0 Å².